The molecule has 7 nitrogen and oxygen atoms in total. The lowest BCUT2D eigenvalue weighted by atomic mass is 10.1. The van der Waals surface area contributed by atoms with Gasteiger partial charge in [-0.15, -0.1) is 11.3 Å². The first-order chi connectivity index (χ1) is 14.9. The average molecular weight is 440 g/mol. The van der Waals surface area contributed by atoms with Crippen molar-refractivity contribution in [3.8, 4) is 22.1 Å². The molecular formula is C23H25N3O4S. The van der Waals surface area contributed by atoms with Gasteiger partial charge in [-0.1, -0.05) is 12.1 Å². The number of ether oxygens (including phenoxy) is 2. The topological polar surface area (TPSA) is 89.5 Å². The molecule has 1 heterocycles. The van der Waals surface area contributed by atoms with E-state index in [1.807, 2.05) is 37.4 Å². The van der Waals surface area contributed by atoms with Gasteiger partial charge in [0.25, 0.3) is 5.91 Å². The molecule has 0 bridgehead atoms. The van der Waals surface area contributed by atoms with Crippen LogP contribution >= 0.6 is 11.3 Å². The van der Waals surface area contributed by atoms with E-state index in [2.05, 4.69) is 15.6 Å². The van der Waals surface area contributed by atoms with Gasteiger partial charge < -0.3 is 20.1 Å². The van der Waals surface area contributed by atoms with Crippen molar-refractivity contribution in [1.82, 2.24) is 10.3 Å². The van der Waals surface area contributed by atoms with Gasteiger partial charge >= 0.3 is 0 Å². The first kappa shape index (κ1) is 22.3. The molecule has 0 spiro atoms. The minimum absolute atomic E-state index is 0.00117. The molecule has 2 N–H and O–H groups in total. The van der Waals surface area contributed by atoms with Crippen LogP contribution in [0.2, 0.25) is 0 Å². The number of amides is 2. The van der Waals surface area contributed by atoms with Crippen LogP contribution < -0.4 is 20.1 Å². The number of anilines is 1. The molecule has 3 aromatic rings. The normalized spacial score (nSPS) is 10.6. The summed E-state index contributed by atoms with van der Waals surface area (Å²) >= 11 is 1.45. The Hall–Kier alpha value is -3.39. The summed E-state index contributed by atoms with van der Waals surface area (Å²) in [5.74, 6) is 0.789. The maximum atomic E-state index is 12.6. The van der Waals surface area contributed by atoms with Crippen LogP contribution in [0, 0.1) is 0 Å². The summed E-state index contributed by atoms with van der Waals surface area (Å²) < 4.78 is 10.6. The molecule has 2 aromatic carbocycles. The lowest BCUT2D eigenvalue weighted by Gasteiger charge is -2.12. The fourth-order valence-electron chi connectivity index (χ4n) is 2.98. The SMILES string of the molecule is COc1ccc(-c2nc(CC(=O)Nc3ccccc3C(=O)NC(C)C)cs2)cc1OC. The van der Waals surface area contributed by atoms with E-state index < -0.39 is 0 Å². The predicted octanol–water partition coefficient (Wildman–Crippen LogP) is 4.15. The molecular weight excluding hydrogens is 414 g/mol. The van der Waals surface area contributed by atoms with E-state index >= 15 is 0 Å². The van der Waals surface area contributed by atoms with Gasteiger partial charge in [-0.05, 0) is 44.2 Å². The molecule has 0 aliphatic heterocycles. The number of thiazole rings is 1. The van der Waals surface area contributed by atoms with Crippen LogP contribution in [0.5, 0.6) is 11.5 Å². The maximum Gasteiger partial charge on any atom is 0.253 e. The Labute approximate surface area is 185 Å². The highest BCUT2D eigenvalue weighted by Crippen LogP contribution is 2.33. The summed E-state index contributed by atoms with van der Waals surface area (Å²) in [6.45, 7) is 3.77. The van der Waals surface area contributed by atoms with E-state index in [1.165, 1.54) is 11.3 Å². The average Bonchev–Trinajstić information content (AvgIpc) is 3.21. The zero-order valence-electron chi connectivity index (χ0n) is 17.9. The fraction of sp³-hybridized carbons (Fsp3) is 0.261. The second-order valence-corrected chi connectivity index (χ2v) is 7.97. The van der Waals surface area contributed by atoms with Crippen LogP contribution in [0.25, 0.3) is 10.6 Å². The Morgan fingerprint density at radius 3 is 2.52 bits per heavy atom. The summed E-state index contributed by atoms with van der Waals surface area (Å²) in [5, 5.41) is 8.29. The monoisotopic (exact) mass is 439 g/mol. The number of hydrogen-bond acceptors (Lipinski definition) is 6. The number of nitrogens with one attached hydrogen (secondary N) is 2. The van der Waals surface area contributed by atoms with E-state index in [0.29, 0.717) is 28.4 Å². The fourth-order valence-corrected chi connectivity index (χ4v) is 3.80. The van der Waals surface area contributed by atoms with E-state index in [-0.39, 0.29) is 24.3 Å². The van der Waals surface area contributed by atoms with Crippen LogP contribution in [-0.2, 0) is 11.2 Å². The molecule has 8 heteroatoms. The molecule has 0 unspecified atom stereocenters. The Balaban J connectivity index is 1.71. The summed E-state index contributed by atoms with van der Waals surface area (Å²) in [4.78, 5) is 29.5. The van der Waals surface area contributed by atoms with Crippen molar-refractivity contribution < 1.29 is 19.1 Å². The predicted molar refractivity (Wildman–Crippen MR) is 122 cm³/mol. The largest absolute Gasteiger partial charge is 0.493 e. The van der Waals surface area contributed by atoms with Crippen molar-refractivity contribution >= 4 is 28.8 Å². The molecule has 162 valence electrons. The third-order valence-electron chi connectivity index (χ3n) is 4.39. The highest BCUT2D eigenvalue weighted by atomic mass is 32.1. The second kappa shape index (κ2) is 10.1. The molecule has 0 fully saturated rings. The van der Waals surface area contributed by atoms with E-state index in [1.54, 1.807) is 38.5 Å². The van der Waals surface area contributed by atoms with E-state index in [4.69, 9.17) is 9.47 Å². The maximum absolute atomic E-state index is 12.6. The minimum atomic E-state index is -0.242. The summed E-state index contributed by atoms with van der Waals surface area (Å²) in [7, 11) is 3.17. The number of methoxy groups -OCH3 is 2. The van der Waals surface area contributed by atoms with Crippen molar-refractivity contribution in [3.63, 3.8) is 0 Å². The smallest absolute Gasteiger partial charge is 0.253 e. The van der Waals surface area contributed by atoms with Gasteiger partial charge in [-0.2, -0.15) is 0 Å². The van der Waals surface area contributed by atoms with Crippen LogP contribution in [0.15, 0.2) is 47.8 Å². The molecule has 1 aromatic heterocycles. The lowest BCUT2D eigenvalue weighted by Crippen LogP contribution is -2.31. The zero-order chi connectivity index (χ0) is 22.4. The summed E-state index contributed by atoms with van der Waals surface area (Å²) in [6, 6.07) is 12.5. The standard InChI is InChI=1S/C23H25N3O4S/c1-14(2)24-22(28)17-7-5-6-8-18(17)26-21(27)12-16-13-31-23(25-16)15-9-10-19(29-3)20(11-15)30-4/h5-11,13-14H,12H2,1-4H3,(H,24,28)(H,26,27). The molecule has 0 saturated heterocycles. The van der Waals surface area contributed by atoms with E-state index in [0.717, 1.165) is 10.6 Å². The Bertz CT molecular complexity index is 1080. The van der Waals surface area contributed by atoms with Crippen LogP contribution in [-0.4, -0.2) is 37.1 Å². The quantitative estimate of drug-likeness (QED) is 0.550. The van der Waals surface area contributed by atoms with Crippen LogP contribution in [0.3, 0.4) is 0 Å². The molecule has 0 saturated carbocycles. The summed E-state index contributed by atoms with van der Waals surface area (Å²) in [5.41, 5.74) is 2.43. The van der Waals surface area contributed by atoms with Gasteiger partial charge in [0.15, 0.2) is 11.5 Å². The van der Waals surface area contributed by atoms with Gasteiger partial charge in [0.2, 0.25) is 5.91 Å². The first-order valence-electron chi connectivity index (χ1n) is 9.77. The number of carbonyl (C=O) groups excluding carboxylic acids is 2. The zero-order valence-corrected chi connectivity index (χ0v) is 18.7. The molecule has 0 aliphatic rings. The van der Waals surface area contributed by atoms with Crippen LogP contribution in [0.1, 0.15) is 29.9 Å². The molecule has 3 rings (SSSR count). The van der Waals surface area contributed by atoms with Gasteiger partial charge in [0.05, 0.1) is 37.6 Å². The van der Waals surface area contributed by atoms with Gasteiger partial charge in [0.1, 0.15) is 5.01 Å². The highest BCUT2D eigenvalue weighted by molar-refractivity contribution is 7.13. The Kier molecular flexibility index (Phi) is 7.25. The van der Waals surface area contributed by atoms with Crippen molar-refractivity contribution in [1.29, 1.82) is 0 Å². The number of para-hydroxylation sites is 1. The molecule has 31 heavy (non-hydrogen) atoms. The van der Waals surface area contributed by atoms with Gasteiger partial charge in [-0.3, -0.25) is 9.59 Å². The van der Waals surface area contributed by atoms with Crippen molar-refractivity contribution in [3.05, 3.63) is 59.1 Å². The third kappa shape index (κ3) is 5.61. The molecule has 2 amide bonds. The van der Waals surface area contributed by atoms with E-state index in [9.17, 15) is 9.59 Å². The van der Waals surface area contributed by atoms with Gasteiger partial charge in [0, 0.05) is 17.0 Å². The second-order valence-electron chi connectivity index (χ2n) is 7.11. The number of carbonyl (C=O) groups is 2. The third-order valence-corrected chi connectivity index (χ3v) is 5.33. The number of aromatic nitrogens is 1. The number of benzene rings is 2. The number of hydrogen-bond donors (Lipinski definition) is 2. The minimum Gasteiger partial charge on any atom is -0.493 e. The molecule has 0 radical (unpaired) electrons. The number of rotatable bonds is 8. The molecule has 0 aliphatic carbocycles. The van der Waals surface area contributed by atoms with Crippen molar-refractivity contribution in [2.45, 2.75) is 26.3 Å². The van der Waals surface area contributed by atoms with Crippen molar-refractivity contribution in [2.24, 2.45) is 0 Å². The van der Waals surface area contributed by atoms with Crippen LogP contribution in [0.4, 0.5) is 5.69 Å². The Morgan fingerprint density at radius 1 is 1.06 bits per heavy atom. The van der Waals surface area contributed by atoms with Gasteiger partial charge in [-0.25, -0.2) is 4.98 Å². The highest BCUT2D eigenvalue weighted by Gasteiger charge is 2.16. The van der Waals surface area contributed by atoms with Crippen molar-refractivity contribution in [2.75, 3.05) is 19.5 Å². The first-order valence-corrected chi connectivity index (χ1v) is 10.7. The molecule has 0 atom stereocenters. The lowest BCUT2D eigenvalue weighted by molar-refractivity contribution is -0.115. The Morgan fingerprint density at radius 2 is 1.81 bits per heavy atom. The number of nitrogens with zero attached hydrogens (tertiary/aromatic N) is 1. The summed E-state index contributed by atoms with van der Waals surface area (Å²) in [6.07, 6.45) is 0.101.